The summed E-state index contributed by atoms with van der Waals surface area (Å²) in [5.41, 5.74) is 0. The second kappa shape index (κ2) is 4.02. The first kappa shape index (κ1) is 8.13. The lowest BCUT2D eigenvalue weighted by Crippen LogP contribution is -2.11. The summed E-state index contributed by atoms with van der Waals surface area (Å²) < 4.78 is 0. The Balaban J connectivity index is 2.25. The molecule has 2 heteroatoms. The van der Waals surface area contributed by atoms with Crippen LogP contribution in [0, 0.1) is 12.0 Å². The third-order valence-electron chi connectivity index (χ3n) is 1.68. The molecule has 2 nitrogen and oxygen atoms in total. The lowest BCUT2D eigenvalue weighted by molar-refractivity contribution is -0.116. The molecule has 1 saturated heterocycles. The molecule has 60 valence electrons. The summed E-state index contributed by atoms with van der Waals surface area (Å²) in [5, 5.41) is 0. The van der Waals surface area contributed by atoms with Gasteiger partial charge >= 0.3 is 0 Å². The topological polar surface area (TPSA) is 20.3 Å². The second-order valence-electron chi connectivity index (χ2n) is 2.86. The van der Waals surface area contributed by atoms with Gasteiger partial charge in [0.25, 0.3) is 0 Å². The molecule has 0 aromatic carbocycles. The fourth-order valence-corrected chi connectivity index (χ4v) is 1.10. The largest absolute Gasteiger partial charge is 0.333 e. The van der Waals surface area contributed by atoms with E-state index in [0.717, 1.165) is 13.1 Å². The van der Waals surface area contributed by atoms with Gasteiger partial charge in [-0.25, -0.2) is 0 Å². The predicted octanol–water partition coefficient (Wildman–Crippen LogP) is 1.02. The van der Waals surface area contributed by atoms with Gasteiger partial charge in [0.2, 0.25) is 0 Å². The Morgan fingerprint density at radius 3 is 2.64 bits per heavy atom. The van der Waals surface area contributed by atoms with Crippen LogP contribution in [-0.4, -0.2) is 23.8 Å². The molecular formula is C9H13NO. The summed E-state index contributed by atoms with van der Waals surface area (Å²) in [4.78, 5) is 12.6. The third-order valence-corrected chi connectivity index (χ3v) is 1.68. The first-order valence-electron chi connectivity index (χ1n) is 4.02. The van der Waals surface area contributed by atoms with E-state index < -0.39 is 0 Å². The molecule has 1 aliphatic heterocycles. The molecule has 0 spiro atoms. The molecule has 1 aliphatic rings. The van der Waals surface area contributed by atoms with E-state index in [1.807, 2.05) is 0 Å². The van der Waals surface area contributed by atoms with Crippen molar-refractivity contribution in [3.8, 4) is 12.0 Å². The summed E-state index contributed by atoms with van der Waals surface area (Å²) in [6, 6.07) is 2.98. The fourth-order valence-electron chi connectivity index (χ4n) is 1.10. The minimum atomic E-state index is 0.150. The maximum absolute atomic E-state index is 10.5. The molecule has 1 fully saturated rings. The number of carbonyl (C=O) groups is 1. The van der Waals surface area contributed by atoms with Gasteiger partial charge in [0.1, 0.15) is 5.78 Å². The van der Waals surface area contributed by atoms with Crippen LogP contribution in [0.15, 0.2) is 0 Å². The monoisotopic (exact) mass is 151 g/mol. The second-order valence-corrected chi connectivity index (χ2v) is 2.86. The van der Waals surface area contributed by atoms with Crippen LogP contribution in [0.5, 0.6) is 0 Å². The van der Waals surface area contributed by atoms with E-state index >= 15 is 0 Å². The van der Waals surface area contributed by atoms with Crippen molar-refractivity contribution < 1.29 is 4.79 Å². The first-order valence-corrected chi connectivity index (χ1v) is 4.02. The van der Waals surface area contributed by atoms with E-state index in [2.05, 4.69) is 16.9 Å². The highest BCUT2D eigenvalue weighted by molar-refractivity contribution is 5.77. The molecule has 0 radical (unpaired) electrons. The Kier molecular flexibility index (Phi) is 2.97. The number of likely N-dealkylation sites (tertiary alicyclic amines) is 1. The van der Waals surface area contributed by atoms with Crippen molar-refractivity contribution in [3.05, 3.63) is 0 Å². The summed E-state index contributed by atoms with van der Waals surface area (Å²) in [6.07, 6.45) is 2.89. The van der Waals surface area contributed by atoms with Crippen LogP contribution in [0.3, 0.4) is 0 Å². The van der Waals surface area contributed by atoms with Gasteiger partial charge in [-0.3, -0.25) is 4.79 Å². The van der Waals surface area contributed by atoms with Gasteiger partial charge in [0.15, 0.2) is 0 Å². The molecule has 0 aliphatic carbocycles. The molecule has 0 atom stereocenters. The molecule has 1 heterocycles. The standard InChI is InChI=1S/C9H13NO/c1-9(11)5-4-8-10-6-2-3-7-10/h2-3,5-7H2,1H3. The molecule has 11 heavy (non-hydrogen) atoms. The highest BCUT2D eigenvalue weighted by atomic mass is 16.1. The van der Waals surface area contributed by atoms with Crippen molar-refractivity contribution in [2.45, 2.75) is 26.2 Å². The Morgan fingerprint density at radius 2 is 2.09 bits per heavy atom. The van der Waals surface area contributed by atoms with Gasteiger partial charge in [0, 0.05) is 19.1 Å². The fraction of sp³-hybridized carbons (Fsp3) is 0.667. The maximum Gasteiger partial charge on any atom is 0.141 e. The number of ketones is 1. The number of carbonyl (C=O) groups excluding carboxylic acids is 1. The van der Waals surface area contributed by atoms with E-state index in [-0.39, 0.29) is 5.78 Å². The Bertz CT molecular complexity index is 193. The summed E-state index contributed by atoms with van der Waals surface area (Å²) in [5.74, 6) is 3.00. The molecule has 0 saturated carbocycles. The first-order chi connectivity index (χ1) is 5.29. The summed E-state index contributed by atoms with van der Waals surface area (Å²) in [6.45, 7) is 3.72. The number of nitrogens with zero attached hydrogens (tertiary/aromatic N) is 1. The van der Waals surface area contributed by atoms with Crippen LogP contribution in [0.4, 0.5) is 0 Å². The van der Waals surface area contributed by atoms with Crippen molar-refractivity contribution in [1.82, 2.24) is 4.90 Å². The van der Waals surface area contributed by atoms with Gasteiger partial charge in [-0.2, -0.15) is 0 Å². The quantitative estimate of drug-likeness (QED) is 0.521. The van der Waals surface area contributed by atoms with E-state index in [0.29, 0.717) is 6.42 Å². The van der Waals surface area contributed by atoms with Crippen molar-refractivity contribution in [2.24, 2.45) is 0 Å². The minimum Gasteiger partial charge on any atom is -0.333 e. The Hall–Kier alpha value is -0.970. The van der Waals surface area contributed by atoms with Gasteiger partial charge in [-0.05, 0) is 19.8 Å². The summed E-state index contributed by atoms with van der Waals surface area (Å²) >= 11 is 0. The van der Waals surface area contributed by atoms with Crippen LogP contribution in [0.2, 0.25) is 0 Å². The molecule has 0 unspecified atom stereocenters. The van der Waals surface area contributed by atoms with Crippen LogP contribution in [0.25, 0.3) is 0 Å². The maximum atomic E-state index is 10.5. The number of rotatable bonds is 1. The smallest absolute Gasteiger partial charge is 0.141 e. The van der Waals surface area contributed by atoms with Crippen molar-refractivity contribution >= 4 is 5.78 Å². The average molecular weight is 151 g/mol. The van der Waals surface area contributed by atoms with E-state index in [1.165, 1.54) is 12.8 Å². The zero-order valence-corrected chi connectivity index (χ0v) is 6.89. The predicted molar refractivity (Wildman–Crippen MR) is 43.9 cm³/mol. The lowest BCUT2D eigenvalue weighted by Gasteiger charge is -2.04. The van der Waals surface area contributed by atoms with E-state index in [1.54, 1.807) is 6.92 Å². The molecule has 0 bridgehead atoms. The van der Waals surface area contributed by atoms with Crippen molar-refractivity contribution in [2.75, 3.05) is 13.1 Å². The van der Waals surface area contributed by atoms with E-state index in [9.17, 15) is 4.79 Å². The average Bonchev–Trinajstić information content (AvgIpc) is 2.39. The van der Waals surface area contributed by atoms with Crippen LogP contribution in [-0.2, 0) is 4.79 Å². The molecule has 0 aromatic heterocycles. The Morgan fingerprint density at radius 1 is 1.45 bits per heavy atom. The zero-order chi connectivity index (χ0) is 8.10. The minimum absolute atomic E-state index is 0.150. The third kappa shape index (κ3) is 3.08. The molecule has 0 aromatic rings. The van der Waals surface area contributed by atoms with Crippen LogP contribution >= 0.6 is 0 Å². The van der Waals surface area contributed by atoms with E-state index in [4.69, 9.17) is 0 Å². The zero-order valence-electron chi connectivity index (χ0n) is 6.89. The lowest BCUT2D eigenvalue weighted by atomic mass is 10.3. The molecule has 0 amide bonds. The van der Waals surface area contributed by atoms with Crippen LogP contribution < -0.4 is 0 Å². The van der Waals surface area contributed by atoms with Gasteiger partial charge in [-0.1, -0.05) is 5.92 Å². The SMILES string of the molecule is CC(=O)CC#CN1CCCC1. The van der Waals surface area contributed by atoms with Gasteiger partial charge in [0.05, 0.1) is 6.42 Å². The number of Topliss-reactive ketones (excluding diaryl/α,β-unsaturated/α-hetero) is 1. The molecule has 1 rings (SSSR count). The summed E-state index contributed by atoms with van der Waals surface area (Å²) in [7, 11) is 0. The number of hydrogen-bond acceptors (Lipinski definition) is 2. The molecule has 0 N–H and O–H groups in total. The Labute approximate surface area is 67.6 Å². The highest BCUT2D eigenvalue weighted by Crippen LogP contribution is 2.04. The normalized spacial score (nSPS) is 15.9. The van der Waals surface area contributed by atoms with Crippen molar-refractivity contribution in [3.63, 3.8) is 0 Å². The van der Waals surface area contributed by atoms with Crippen molar-refractivity contribution in [1.29, 1.82) is 0 Å². The van der Waals surface area contributed by atoms with Gasteiger partial charge in [-0.15, -0.1) is 0 Å². The highest BCUT2D eigenvalue weighted by Gasteiger charge is 2.05. The van der Waals surface area contributed by atoms with Gasteiger partial charge < -0.3 is 4.90 Å². The number of hydrogen-bond donors (Lipinski definition) is 0. The molecular weight excluding hydrogens is 138 g/mol. The van der Waals surface area contributed by atoms with Crippen LogP contribution in [0.1, 0.15) is 26.2 Å².